The van der Waals surface area contributed by atoms with Gasteiger partial charge in [-0.2, -0.15) is 0 Å². The van der Waals surface area contributed by atoms with Crippen molar-refractivity contribution in [3.05, 3.63) is 29.8 Å². The van der Waals surface area contributed by atoms with E-state index in [4.69, 9.17) is 5.21 Å². The van der Waals surface area contributed by atoms with Gasteiger partial charge in [-0.25, -0.2) is 8.42 Å². The van der Waals surface area contributed by atoms with Crippen molar-refractivity contribution in [2.24, 2.45) is 5.16 Å². The van der Waals surface area contributed by atoms with Gasteiger partial charge < -0.3 is 5.21 Å². The van der Waals surface area contributed by atoms with Gasteiger partial charge in [-0.15, -0.1) is 0 Å². The fourth-order valence-corrected chi connectivity index (χ4v) is 3.98. The summed E-state index contributed by atoms with van der Waals surface area (Å²) in [6.07, 6.45) is 3.35. The Kier molecular flexibility index (Phi) is 4.09. The van der Waals surface area contributed by atoms with E-state index < -0.39 is 10.0 Å². The lowest BCUT2D eigenvalue weighted by molar-refractivity contribution is 0.319. The first-order chi connectivity index (χ1) is 9.04. The maximum absolute atomic E-state index is 12.3. The maximum atomic E-state index is 12.3. The molecule has 0 radical (unpaired) electrons. The summed E-state index contributed by atoms with van der Waals surface area (Å²) in [4.78, 5) is 0. The van der Waals surface area contributed by atoms with Gasteiger partial charge in [0.25, 0.3) is 0 Å². The van der Waals surface area contributed by atoms with Crippen molar-refractivity contribution in [3.63, 3.8) is 0 Å². The van der Waals surface area contributed by atoms with Crippen LogP contribution in [0.4, 0.5) is 5.69 Å². The Morgan fingerprint density at radius 3 is 2.58 bits per heavy atom. The highest BCUT2D eigenvalue weighted by atomic mass is 32.2. The molecule has 5 nitrogen and oxygen atoms in total. The van der Waals surface area contributed by atoms with E-state index in [0.29, 0.717) is 29.8 Å². The Morgan fingerprint density at radius 2 is 1.95 bits per heavy atom. The van der Waals surface area contributed by atoms with Gasteiger partial charge in [0, 0.05) is 5.56 Å². The van der Waals surface area contributed by atoms with Crippen LogP contribution in [0.3, 0.4) is 0 Å². The van der Waals surface area contributed by atoms with Crippen molar-refractivity contribution in [1.29, 1.82) is 0 Å². The molecule has 1 fully saturated rings. The molecule has 0 bridgehead atoms. The zero-order valence-electron chi connectivity index (χ0n) is 10.8. The van der Waals surface area contributed by atoms with E-state index in [1.165, 1.54) is 0 Å². The standard InChI is InChI=1S/C13H18N2O3S/c1-10(14-16)12-8-4-5-9-13(12)15-19(17,18)11-6-2-3-7-11/h4-5,8-9,11,15-16H,2-3,6-7H2,1H3/b14-10-. The summed E-state index contributed by atoms with van der Waals surface area (Å²) in [6, 6.07) is 6.93. The lowest BCUT2D eigenvalue weighted by Crippen LogP contribution is -2.26. The summed E-state index contributed by atoms with van der Waals surface area (Å²) in [5.74, 6) is 0. The molecule has 2 rings (SSSR count). The zero-order chi connectivity index (χ0) is 13.9. The number of para-hydroxylation sites is 1. The first-order valence-corrected chi connectivity index (χ1v) is 7.89. The number of oxime groups is 1. The number of rotatable bonds is 4. The largest absolute Gasteiger partial charge is 0.411 e. The molecule has 0 aromatic heterocycles. The van der Waals surface area contributed by atoms with E-state index in [1.807, 2.05) is 0 Å². The molecule has 2 N–H and O–H groups in total. The lowest BCUT2D eigenvalue weighted by Gasteiger charge is -2.15. The minimum absolute atomic E-state index is 0.313. The Labute approximate surface area is 113 Å². The lowest BCUT2D eigenvalue weighted by atomic mass is 10.1. The molecule has 104 valence electrons. The van der Waals surface area contributed by atoms with Crippen LogP contribution in [0.1, 0.15) is 38.2 Å². The molecule has 19 heavy (non-hydrogen) atoms. The molecule has 0 heterocycles. The Hall–Kier alpha value is -1.56. The third kappa shape index (κ3) is 3.07. The van der Waals surface area contributed by atoms with Gasteiger partial charge in [0.2, 0.25) is 10.0 Å². The quantitative estimate of drug-likeness (QED) is 0.506. The van der Waals surface area contributed by atoms with Crippen LogP contribution < -0.4 is 4.72 Å². The molecule has 6 heteroatoms. The summed E-state index contributed by atoms with van der Waals surface area (Å²) >= 11 is 0. The van der Waals surface area contributed by atoms with Crippen molar-refractivity contribution < 1.29 is 13.6 Å². The molecular weight excluding hydrogens is 264 g/mol. The minimum atomic E-state index is -3.36. The van der Waals surface area contributed by atoms with Crippen molar-refractivity contribution in [2.75, 3.05) is 4.72 Å². The predicted molar refractivity (Wildman–Crippen MR) is 75.2 cm³/mol. The highest BCUT2D eigenvalue weighted by molar-refractivity contribution is 7.93. The summed E-state index contributed by atoms with van der Waals surface area (Å²) in [5.41, 5.74) is 1.43. The van der Waals surface area contributed by atoms with Crippen molar-refractivity contribution in [1.82, 2.24) is 0 Å². The number of sulfonamides is 1. The molecule has 1 aliphatic carbocycles. The van der Waals surface area contributed by atoms with E-state index >= 15 is 0 Å². The monoisotopic (exact) mass is 282 g/mol. The van der Waals surface area contributed by atoms with Gasteiger partial charge >= 0.3 is 0 Å². The van der Waals surface area contributed by atoms with Crippen molar-refractivity contribution in [2.45, 2.75) is 37.9 Å². The van der Waals surface area contributed by atoms with E-state index in [9.17, 15) is 8.42 Å². The molecule has 1 aliphatic rings. The third-order valence-corrected chi connectivity index (χ3v) is 5.31. The van der Waals surface area contributed by atoms with E-state index in [2.05, 4.69) is 9.88 Å². The molecule has 1 aromatic rings. The van der Waals surface area contributed by atoms with E-state index in [1.54, 1.807) is 31.2 Å². The SMILES string of the molecule is C/C(=N/O)c1ccccc1NS(=O)(=O)C1CCCC1. The first kappa shape index (κ1) is 13.9. The summed E-state index contributed by atoms with van der Waals surface area (Å²) < 4.78 is 27.1. The fourth-order valence-electron chi connectivity index (χ4n) is 2.38. The van der Waals surface area contributed by atoms with Gasteiger partial charge in [-0.3, -0.25) is 4.72 Å². The smallest absolute Gasteiger partial charge is 0.235 e. The number of nitrogens with zero attached hydrogens (tertiary/aromatic N) is 1. The van der Waals surface area contributed by atoms with Gasteiger partial charge in [-0.05, 0) is 25.8 Å². The number of nitrogens with one attached hydrogen (secondary N) is 1. The van der Waals surface area contributed by atoms with Gasteiger partial charge in [0.15, 0.2) is 0 Å². The number of hydrogen-bond donors (Lipinski definition) is 2. The fraction of sp³-hybridized carbons (Fsp3) is 0.462. The Morgan fingerprint density at radius 1 is 1.32 bits per heavy atom. The molecule has 0 saturated heterocycles. The average molecular weight is 282 g/mol. The van der Waals surface area contributed by atoms with Crippen LogP contribution in [0.15, 0.2) is 29.4 Å². The topological polar surface area (TPSA) is 78.8 Å². The van der Waals surface area contributed by atoms with Gasteiger partial charge in [0.05, 0.1) is 16.6 Å². The summed E-state index contributed by atoms with van der Waals surface area (Å²) in [7, 11) is -3.36. The van der Waals surface area contributed by atoms with Crippen molar-refractivity contribution >= 4 is 21.4 Å². The molecule has 0 unspecified atom stereocenters. The molecule has 0 atom stereocenters. The van der Waals surface area contributed by atoms with E-state index in [-0.39, 0.29) is 5.25 Å². The second-order valence-corrected chi connectivity index (χ2v) is 6.75. The van der Waals surface area contributed by atoms with Crippen LogP contribution in [-0.4, -0.2) is 24.6 Å². The Balaban J connectivity index is 2.28. The van der Waals surface area contributed by atoms with Crippen LogP contribution >= 0.6 is 0 Å². The third-order valence-electron chi connectivity index (χ3n) is 3.46. The minimum Gasteiger partial charge on any atom is -0.411 e. The van der Waals surface area contributed by atoms with Gasteiger partial charge in [0.1, 0.15) is 0 Å². The summed E-state index contributed by atoms with van der Waals surface area (Å²) in [5, 5.41) is 11.6. The van der Waals surface area contributed by atoms with Crippen LogP contribution in [0.2, 0.25) is 0 Å². The molecule has 0 amide bonds. The van der Waals surface area contributed by atoms with Crippen LogP contribution in [0, 0.1) is 0 Å². The van der Waals surface area contributed by atoms with Crippen molar-refractivity contribution in [3.8, 4) is 0 Å². The zero-order valence-corrected chi connectivity index (χ0v) is 11.7. The number of anilines is 1. The van der Waals surface area contributed by atoms with E-state index in [0.717, 1.165) is 12.8 Å². The Bertz CT molecular complexity index is 575. The van der Waals surface area contributed by atoms with Crippen LogP contribution in [0.25, 0.3) is 0 Å². The second-order valence-electron chi connectivity index (χ2n) is 4.78. The number of benzene rings is 1. The second kappa shape index (κ2) is 5.61. The summed E-state index contributed by atoms with van der Waals surface area (Å²) in [6.45, 7) is 1.63. The highest BCUT2D eigenvalue weighted by Crippen LogP contribution is 2.27. The normalized spacial score (nSPS) is 17.6. The first-order valence-electron chi connectivity index (χ1n) is 6.34. The van der Waals surface area contributed by atoms with Crippen LogP contribution in [0.5, 0.6) is 0 Å². The van der Waals surface area contributed by atoms with Crippen LogP contribution in [-0.2, 0) is 10.0 Å². The molecule has 0 spiro atoms. The number of hydrogen-bond acceptors (Lipinski definition) is 4. The average Bonchev–Trinajstić information content (AvgIpc) is 2.93. The molecule has 1 saturated carbocycles. The molecule has 1 aromatic carbocycles. The van der Waals surface area contributed by atoms with Gasteiger partial charge in [-0.1, -0.05) is 36.2 Å². The maximum Gasteiger partial charge on any atom is 0.235 e. The molecular formula is C13H18N2O3S. The molecule has 0 aliphatic heterocycles. The predicted octanol–water partition coefficient (Wildman–Crippen LogP) is 2.57. The highest BCUT2D eigenvalue weighted by Gasteiger charge is 2.29.